The highest BCUT2D eigenvalue weighted by Gasteiger charge is 2.23. The van der Waals surface area contributed by atoms with Crippen LogP contribution in [0.4, 0.5) is 0 Å². The van der Waals surface area contributed by atoms with Crippen LogP contribution >= 0.6 is 15.9 Å². The van der Waals surface area contributed by atoms with Crippen LogP contribution in [0.5, 0.6) is 11.5 Å². The van der Waals surface area contributed by atoms with Gasteiger partial charge in [-0.05, 0) is 31.0 Å². The van der Waals surface area contributed by atoms with Gasteiger partial charge in [0.1, 0.15) is 0 Å². The van der Waals surface area contributed by atoms with Crippen molar-refractivity contribution in [2.75, 3.05) is 20.8 Å². The first-order valence-electron chi connectivity index (χ1n) is 6.41. The van der Waals surface area contributed by atoms with Gasteiger partial charge in [-0.25, -0.2) is 0 Å². The van der Waals surface area contributed by atoms with Crippen molar-refractivity contribution in [2.24, 2.45) is 0 Å². The SMILES string of the molecule is COc1cc(Br)c(CN[C@H]2CCO[C@H]2C)cc1OC. The molecular formula is C14H20BrNO3. The Hall–Kier alpha value is -0.780. The highest BCUT2D eigenvalue weighted by atomic mass is 79.9. The van der Waals surface area contributed by atoms with E-state index >= 15 is 0 Å². The summed E-state index contributed by atoms with van der Waals surface area (Å²) in [5.41, 5.74) is 1.15. The van der Waals surface area contributed by atoms with Crippen molar-refractivity contribution >= 4 is 15.9 Å². The molecule has 0 spiro atoms. The predicted molar refractivity (Wildman–Crippen MR) is 77.9 cm³/mol. The summed E-state index contributed by atoms with van der Waals surface area (Å²) in [6.07, 6.45) is 1.34. The second kappa shape index (κ2) is 6.59. The van der Waals surface area contributed by atoms with Crippen LogP contribution in [0.2, 0.25) is 0 Å². The third-order valence-electron chi connectivity index (χ3n) is 3.48. The zero-order chi connectivity index (χ0) is 13.8. The standard InChI is InChI=1S/C14H20BrNO3/c1-9-12(4-5-19-9)16-8-10-6-13(17-2)14(18-3)7-11(10)15/h6-7,9,12,16H,4-5,8H2,1-3H3/t9-,12-/m0/s1. The van der Waals surface area contributed by atoms with Gasteiger partial charge in [-0.1, -0.05) is 15.9 Å². The molecular weight excluding hydrogens is 310 g/mol. The first-order valence-corrected chi connectivity index (χ1v) is 7.20. The normalized spacial score (nSPS) is 22.5. The Kier molecular flexibility index (Phi) is 5.07. The highest BCUT2D eigenvalue weighted by molar-refractivity contribution is 9.10. The van der Waals surface area contributed by atoms with Gasteiger partial charge >= 0.3 is 0 Å². The Balaban J connectivity index is 2.07. The van der Waals surface area contributed by atoms with E-state index in [1.54, 1.807) is 14.2 Å². The molecule has 2 rings (SSSR count). The molecule has 1 fully saturated rings. The minimum Gasteiger partial charge on any atom is -0.493 e. The van der Waals surface area contributed by atoms with Crippen molar-refractivity contribution in [3.8, 4) is 11.5 Å². The number of rotatable bonds is 5. The third-order valence-corrected chi connectivity index (χ3v) is 4.22. The number of ether oxygens (including phenoxy) is 3. The first-order chi connectivity index (χ1) is 9.15. The molecule has 5 heteroatoms. The fourth-order valence-electron chi connectivity index (χ4n) is 2.27. The van der Waals surface area contributed by atoms with E-state index in [-0.39, 0.29) is 6.10 Å². The van der Waals surface area contributed by atoms with E-state index < -0.39 is 0 Å². The summed E-state index contributed by atoms with van der Waals surface area (Å²) >= 11 is 3.57. The molecule has 0 aromatic heterocycles. The predicted octanol–water partition coefficient (Wildman–Crippen LogP) is 2.73. The van der Waals surface area contributed by atoms with E-state index in [0.717, 1.165) is 41.1 Å². The average molecular weight is 330 g/mol. The summed E-state index contributed by atoms with van der Waals surface area (Å²) in [5, 5.41) is 3.53. The molecule has 19 heavy (non-hydrogen) atoms. The molecule has 1 aliphatic rings. The summed E-state index contributed by atoms with van der Waals surface area (Å²) in [6, 6.07) is 4.35. The van der Waals surface area contributed by atoms with Gasteiger partial charge in [-0.15, -0.1) is 0 Å². The zero-order valence-electron chi connectivity index (χ0n) is 11.5. The van der Waals surface area contributed by atoms with E-state index in [2.05, 4.69) is 28.2 Å². The van der Waals surface area contributed by atoms with Crippen LogP contribution in [0, 0.1) is 0 Å². The Morgan fingerprint density at radius 3 is 2.58 bits per heavy atom. The second-order valence-corrected chi connectivity index (χ2v) is 5.50. The summed E-state index contributed by atoms with van der Waals surface area (Å²) in [6.45, 7) is 3.72. The van der Waals surface area contributed by atoms with E-state index in [4.69, 9.17) is 14.2 Å². The summed E-state index contributed by atoms with van der Waals surface area (Å²) < 4.78 is 17.2. The molecule has 0 aliphatic carbocycles. The maximum atomic E-state index is 5.55. The lowest BCUT2D eigenvalue weighted by Crippen LogP contribution is -2.34. The molecule has 106 valence electrons. The number of benzene rings is 1. The van der Waals surface area contributed by atoms with Crippen LogP contribution in [-0.4, -0.2) is 33.0 Å². The van der Waals surface area contributed by atoms with Crippen LogP contribution < -0.4 is 14.8 Å². The Labute approximate surface area is 122 Å². The molecule has 1 aromatic rings. The van der Waals surface area contributed by atoms with Gasteiger partial charge in [0.05, 0.1) is 20.3 Å². The zero-order valence-corrected chi connectivity index (χ0v) is 13.1. The first kappa shape index (κ1) is 14.6. The van der Waals surface area contributed by atoms with Gasteiger partial charge in [0, 0.05) is 23.7 Å². The summed E-state index contributed by atoms with van der Waals surface area (Å²) in [5.74, 6) is 1.48. The Morgan fingerprint density at radius 2 is 2.00 bits per heavy atom. The van der Waals surface area contributed by atoms with Crippen molar-refractivity contribution in [3.05, 3.63) is 22.2 Å². The largest absolute Gasteiger partial charge is 0.493 e. The van der Waals surface area contributed by atoms with Crippen molar-refractivity contribution < 1.29 is 14.2 Å². The van der Waals surface area contributed by atoms with E-state index in [9.17, 15) is 0 Å². The number of hydrogen-bond acceptors (Lipinski definition) is 4. The monoisotopic (exact) mass is 329 g/mol. The average Bonchev–Trinajstić information content (AvgIpc) is 2.82. The minimum absolute atomic E-state index is 0.277. The van der Waals surface area contributed by atoms with E-state index in [1.165, 1.54) is 0 Å². The van der Waals surface area contributed by atoms with Crippen molar-refractivity contribution in [1.29, 1.82) is 0 Å². The molecule has 1 heterocycles. The topological polar surface area (TPSA) is 39.7 Å². The number of methoxy groups -OCH3 is 2. The van der Waals surface area contributed by atoms with E-state index in [0.29, 0.717) is 6.04 Å². The van der Waals surface area contributed by atoms with Crippen LogP contribution in [0.25, 0.3) is 0 Å². The minimum atomic E-state index is 0.277. The second-order valence-electron chi connectivity index (χ2n) is 4.65. The Bertz CT molecular complexity index is 439. The number of halogens is 1. The molecule has 1 aromatic carbocycles. The molecule has 1 N–H and O–H groups in total. The Morgan fingerprint density at radius 1 is 1.32 bits per heavy atom. The van der Waals surface area contributed by atoms with Gasteiger partial charge in [-0.3, -0.25) is 0 Å². The number of nitrogens with one attached hydrogen (secondary N) is 1. The molecule has 1 saturated heterocycles. The molecule has 0 saturated carbocycles. The fraction of sp³-hybridized carbons (Fsp3) is 0.571. The van der Waals surface area contributed by atoms with Crippen molar-refractivity contribution in [1.82, 2.24) is 5.32 Å². The smallest absolute Gasteiger partial charge is 0.161 e. The maximum Gasteiger partial charge on any atom is 0.161 e. The molecule has 0 radical (unpaired) electrons. The van der Waals surface area contributed by atoms with Crippen molar-refractivity contribution in [2.45, 2.75) is 32.0 Å². The molecule has 0 unspecified atom stereocenters. The van der Waals surface area contributed by atoms with Gasteiger partial charge in [0.15, 0.2) is 11.5 Å². The summed E-state index contributed by atoms with van der Waals surface area (Å²) in [7, 11) is 3.29. The molecule has 0 bridgehead atoms. The van der Waals surface area contributed by atoms with Crippen LogP contribution in [-0.2, 0) is 11.3 Å². The maximum absolute atomic E-state index is 5.55. The summed E-state index contributed by atoms with van der Waals surface area (Å²) in [4.78, 5) is 0. The van der Waals surface area contributed by atoms with Crippen LogP contribution in [0.3, 0.4) is 0 Å². The van der Waals surface area contributed by atoms with Gasteiger partial charge < -0.3 is 19.5 Å². The third kappa shape index (κ3) is 3.41. The molecule has 0 amide bonds. The lowest BCUT2D eigenvalue weighted by Gasteiger charge is -2.17. The number of hydrogen-bond donors (Lipinski definition) is 1. The van der Waals surface area contributed by atoms with Gasteiger partial charge in [0.25, 0.3) is 0 Å². The van der Waals surface area contributed by atoms with Crippen molar-refractivity contribution in [3.63, 3.8) is 0 Å². The van der Waals surface area contributed by atoms with Crippen LogP contribution in [0.15, 0.2) is 16.6 Å². The molecule has 1 aliphatic heterocycles. The van der Waals surface area contributed by atoms with Crippen LogP contribution in [0.1, 0.15) is 18.9 Å². The van der Waals surface area contributed by atoms with Gasteiger partial charge in [0.2, 0.25) is 0 Å². The van der Waals surface area contributed by atoms with Gasteiger partial charge in [-0.2, -0.15) is 0 Å². The lowest BCUT2D eigenvalue weighted by molar-refractivity contribution is 0.113. The van der Waals surface area contributed by atoms with E-state index in [1.807, 2.05) is 12.1 Å². The fourth-order valence-corrected chi connectivity index (χ4v) is 2.74. The highest BCUT2D eigenvalue weighted by Crippen LogP contribution is 2.33. The molecule has 4 nitrogen and oxygen atoms in total. The molecule has 2 atom stereocenters. The lowest BCUT2D eigenvalue weighted by atomic mass is 10.1. The quantitative estimate of drug-likeness (QED) is 0.901.